The lowest BCUT2D eigenvalue weighted by Crippen LogP contribution is -2.03. The zero-order chi connectivity index (χ0) is 14.0. The molecule has 0 aliphatic carbocycles. The molecule has 3 heteroatoms. The number of aliphatic hydroxyl groups excluding tert-OH is 1. The standard InChI is InChI=1S/C16H16F2O/c1-10-3-4-12(7-11(10)2)8-16(19)13-5-6-14(17)15(18)9-13/h3-7,9,16,19H,8H2,1-2H3. The first kappa shape index (κ1) is 13.7. The van der Waals surface area contributed by atoms with Crippen molar-refractivity contribution >= 4 is 0 Å². The van der Waals surface area contributed by atoms with Gasteiger partial charge in [0.15, 0.2) is 11.6 Å². The Bertz CT molecular complexity index is 593. The molecule has 0 fully saturated rings. The van der Waals surface area contributed by atoms with E-state index in [-0.39, 0.29) is 0 Å². The fourth-order valence-electron chi connectivity index (χ4n) is 1.99. The van der Waals surface area contributed by atoms with E-state index < -0.39 is 17.7 Å². The average molecular weight is 262 g/mol. The van der Waals surface area contributed by atoms with Gasteiger partial charge in [-0.1, -0.05) is 24.3 Å². The monoisotopic (exact) mass is 262 g/mol. The minimum atomic E-state index is -0.934. The first-order valence-corrected chi connectivity index (χ1v) is 6.16. The summed E-state index contributed by atoms with van der Waals surface area (Å²) in [6, 6.07) is 9.41. The van der Waals surface area contributed by atoms with Gasteiger partial charge in [-0.15, -0.1) is 0 Å². The maximum atomic E-state index is 13.1. The van der Waals surface area contributed by atoms with Crippen LogP contribution in [0.5, 0.6) is 0 Å². The number of benzene rings is 2. The largest absolute Gasteiger partial charge is 0.388 e. The molecule has 2 aromatic rings. The van der Waals surface area contributed by atoms with E-state index in [1.165, 1.54) is 11.6 Å². The Labute approximate surface area is 111 Å². The first-order chi connectivity index (χ1) is 8.97. The molecule has 1 nitrogen and oxygen atoms in total. The molecule has 2 aromatic carbocycles. The Kier molecular flexibility index (Phi) is 3.96. The Morgan fingerprint density at radius 1 is 0.947 bits per heavy atom. The van der Waals surface area contributed by atoms with Crippen molar-refractivity contribution in [2.75, 3.05) is 0 Å². The maximum Gasteiger partial charge on any atom is 0.159 e. The lowest BCUT2D eigenvalue weighted by Gasteiger charge is -2.12. The van der Waals surface area contributed by atoms with E-state index in [4.69, 9.17) is 0 Å². The number of aryl methyl sites for hydroxylation is 2. The predicted molar refractivity (Wildman–Crippen MR) is 70.9 cm³/mol. The number of rotatable bonds is 3. The third-order valence-electron chi connectivity index (χ3n) is 3.33. The molecular weight excluding hydrogens is 246 g/mol. The minimum absolute atomic E-state index is 0.381. The lowest BCUT2D eigenvalue weighted by atomic mass is 9.98. The van der Waals surface area contributed by atoms with Crippen molar-refractivity contribution in [3.8, 4) is 0 Å². The summed E-state index contributed by atoms with van der Waals surface area (Å²) >= 11 is 0. The van der Waals surface area contributed by atoms with Gasteiger partial charge in [-0.2, -0.15) is 0 Å². The molecule has 0 saturated heterocycles. The molecule has 19 heavy (non-hydrogen) atoms. The fourth-order valence-corrected chi connectivity index (χ4v) is 1.99. The summed E-state index contributed by atoms with van der Waals surface area (Å²) in [5.41, 5.74) is 3.69. The highest BCUT2D eigenvalue weighted by Crippen LogP contribution is 2.21. The van der Waals surface area contributed by atoms with E-state index in [0.29, 0.717) is 12.0 Å². The average Bonchev–Trinajstić information content (AvgIpc) is 2.37. The molecule has 0 heterocycles. The van der Waals surface area contributed by atoms with Crippen LogP contribution in [0.15, 0.2) is 36.4 Å². The number of hydrogen-bond acceptors (Lipinski definition) is 1. The highest BCUT2D eigenvalue weighted by molar-refractivity contribution is 5.31. The summed E-state index contributed by atoms with van der Waals surface area (Å²) in [6.07, 6.45) is -0.455. The smallest absolute Gasteiger partial charge is 0.159 e. The van der Waals surface area contributed by atoms with Gasteiger partial charge in [0.2, 0.25) is 0 Å². The Hall–Kier alpha value is -1.74. The van der Waals surface area contributed by atoms with Crippen molar-refractivity contribution in [3.05, 3.63) is 70.3 Å². The molecule has 0 radical (unpaired) electrons. The summed E-state index contributed by atoms with van der Waals surface area (Å²) < 4.78 is 25.9. The SMILES string of the molecule is Cc1ccc(CC(O)c2ccc(F)c(F)c2)cc1C. The van der Waals surface area contributed by atoms with Gasteiger partial charge in [0, 0.05) is 6.42 Å². The van der Waals surface area contributed by atoms with Crippen LogP contribution in [0.25, 0.3) is 0 Å². The van der Waals surface area contributed by atoms with Gasteiger partial charge in [0.1, 0.15) is 0 Å². The molecule has 0 saturated carbocycles. The van der Waals surface area contributed by atoms with Crippen LogP contribution in [0.3, 0.4) is 0 Å². The Balaban J connectivity index is 2.17. The quantitative estimate of drug-likeness (QED) is 0.890. The number of halogens is 2. The molecular formula is C16H16F2O. The van der Waals surface area contributed by atoms with Crippen molar-refractivity contribution in [2.24, 2.45) is 0 Å². The Morgan fingerprint density at radius 2 is 1.68 bits per heavy atom. The summed E-state index contributed by atoms with van der Waals surface area (Å²) in [5, 5.41) is 10.1. The van der Waals surface area contributed by atoms with Gasteiger partial charge >= 0.3 is 0 Å². The second-order valence-electron chi connectivity index (χ2n) is 4.81. The topological polar surface area (TPSA) is 20.2 Å². The van der Waals surface area contributed by atoms with Crippen molar-refractivity contribution in [1.29, 1.82) is 0 Å². The molecule has 1 unspecified atom stereocenters. The molecule has 0 aliphatic rings. The van der Waals surface area contributed by atoms with Crippen molar-refractivity contribution < 1.29 is 13.9 Å². The molecule has 100 valence electrons. The molecule has 0 bridgehead atoms. The van der Waals surface area contributed by atoms with Crippen LogP contribution in [0.2, 0.25) is 0 Å². The van der Waals surface area contributed by atoms with Gasteiger partial charge in [-0.05, 0) is 48.2 Å². The van der Waals surface area contributed by atoms with E-state index in [1.54, 1.807) is 0 Å². The summed E-state index contributed by atoms with van der Waals surface area (Å²) in [5.74, 6) is -1.83. The number of aliphatic hydroxyl groups is 1. The second kappa shape index (κ2) is 5.49. The van der Waals surface area contributed by atoms with E-state index in [0.717, 1.165) is 23.3 Å². The number of hydrogen-bond donors (Lipinski definition) is 1. The van der Waals surface area contributed by atoms with Crippen LogP contribution in [-0.2, 0) is 6.42 Å². The zero-order valence-corrected chi connectivity index (χ0v) is 11.0. The van der Waals surface area contributed by atoms with Crippen molar-refractivity contribution in [1.82, 2.24) is 0 Å². The summed E-state index contributed by atoms with van der Waals surface area (Å²) in [6.45, 7) is 4.02. The normalized spacial score (nSPS) is 12.5. The van der Waals surface area contributed by atoms with Crippen LogP contribution in [0.1, 0.15) is 28.4 Å². The highest BCUT2D eigenvalue weighted by Gasteiger charge is 2.12. The van der Waals surface area contributed by atoms with Crippen molar-refractivity contribution in [3.63, 3.8) is 0 Å². The molecule has 0 aliphatic heterocycles. The Morgan fingerprint density at radius 3 is 2.32 bits per heavy atom. The zero-order valence-electron chi connectivity index (χ0n) is 11.0. The van der Waals surface area contributed by atoms with Crippen LogP contribution in [-0.4, -0.2) is 5.11 Å². The highest BCUT2D eigenvalue weighted by atomic mass is 19.2. The third-order valence-corrected chi connectivity index (χ3v) is 3.33. The third kappa shape index (κ3) is 3.18. The van der Waals surface area contributed by atoms with E-state index >= 15 is 0 Å². The molecule has 0 spiro atoms. The van der Waals surface area contributed by atoms with Crippen LogP contribution in [0, 0.1) is 25.5 Å². The summed E-state index contributed by atoms with van der Waals surface area (Å²) in [4.78, 5) is 0. The minimum Gasteiger partial charge on any atom is -0.388 e. The van der Waals surface area contributed by atoms with Gasteiger partial charge in [-0.25, -0.2) is 8.78 Å². The second-order valence-corrected chi connectivity index (χ2v) is 4.81. The van der Waals surface area contributed by atoms with Gasteiger partial charge in [0.25, 0.3) is 0 Å². The molecule has 0 aromatic heterocycles. The van der Waals surface area contributed by atoms with E-state index in [2.05, 4.69) is 0 Å². The van der Waals surface area contributed by atoms with Gasteiger partial charge < -0.3 is 5.11 Å². The van der Waals surface area contributed by atoms with Crippen LogP contribution < -0.4 is 0 Å². The van der Waals surface area contributed by atoms with Gasteiger partial charge in [0.05, 0.1) is 6.10 Å². The predicted octanol–water partition coefficient (Wildman–Crippen LogP) is 3.86. The van der Waals surface area contributed by atoms with E-state index in [9.17, 15) is 13.9 Å². The lowest BCUT2D eigenvalue weighted by molar-refractivity contribution is 0.178. The first-order valence-electron chi connectivity index (χ1n) is 6.16. The fraction of sp³-hybridized carbons (Fsp3) is 0.250. The summed E-state index contributed by atoms with van der Waals surface area (Å²) in [7, 11) is 0. The van der Waals surface area contributed by atoms with Crippen LogP contribution in [0.4, 0.5) is 8.78 Å². The molecule has 1 N–H and O–H groups in total. The van der Waals surface area contributed by atoms with Gasteiger partial charge in [-0.3, -0.25) is 0 Å². The van der Waals surface area contributed by atoms with E-state index in [1.807, 2.05) is 32.0 Å². The molecule has 2 rings (SSSR count). The van der Waals surface area contributed by atoms with Crippen molar-refractivity contribution in [2.45, 2.75) is 26.4 Å². The molecule has 1 atom stereocenters. The van der Waals surface area contributed by atoms with Crippen LogP contribution >= 0.6 is 0 Å². The molecule has 0 amide bonds. The maximum absolute atomic E-state index is 13.1.